The number of fused-ring (bicyclic) bond motifs is 4. The lowest BCUT2D eigenvalue weighted by molar-refractivity contribution is -0.137. The maximum absolute atomic E-state index is 13.6. The first-order valence-electron chi connectivity index (χ1n) is 13.2. The summed E-state index contributed by atoms with van der Waals surface area (Å²) < 4.78 is 1.81. The second kappa shape index (κ2) is 9.28. The Morgan fingerprint density at radius 1 is 1.03 bits per heavy atom. The zero-order valence-corrected chi connectivity index (χ0v) is 22.0. The zero-order valence-electron chi connectivity index (χ0n) is 21.3. The van der Waals surface area contributed by atoms with Crippen LogP contribution in [-0.4, -0.2) is 33.0 Å². The van der Waals surface area contributed by atoms with E-state index in [2.05, 4.69) is 22.1 Å². The van der Waals surface area contributed by atoms with E-state index in [0.29, 0.717) is 53.7 Å². The predicted octanol–water partition coefficient (Wildman–Crippen LogP) is 5.88. The maximum atomic E-state index is 13.6. The van der Waals surface area contributed by atoms with Gasteiger partial charge < -0.3 is 10.6 Å². The second-order valence-electron chi connectivity index (χ2n) is 11.2. The molecule has 3 saturated carbocycles. The fraction of sp³-hybridized carbons (Fsp3) is 0.400. The van der Waals surface area contributed by atoms with Crippen LogP contribution in [0.5, 0.6) is 0 Å². The molecule has 38 heavy (non-hydrogen) atoms. The van der Waals surface area contributed by atoms with E-state index in [0.717, 1.165) is 44.1 Å². The van der Waals surface area contributed by atoms with Crippen LogP contribution in [0.3, 0.4) is 0 Å². The van der Waals surface area contributed by atoms with E-state index in [1.54, 1.807) is 12.1 Å². The highest BCUT2D eigenvalue weighted by Gasteiger charge is 2.50. The van der Waals surface area contributed by atoms with Gasteiger partial charge in [0.1, 0.15) is 5.69 Å². The molecule has 2 N–H and O–H groups in total. The van der Waals surface area contributed by atoms with E-state index in [-0.39, 0.29) is 16.7 Å². The van der Waals surface area contributed by atoms with Crippen molar-refractivity contribution in [2.75, 3.05) is 6.54 Å². The molecule has 1 aromatic heterocycles. The van der Waals surface area contributed by atoms with Gasteiger partial charge in [-0.2, -0.15) is 5.10 Å². The molecule has 2 heterocycles. The van der Waals surface area contributed by atoms with Crippen molar-refractivity contribution in [3.63, 3.8) is 0 Å². The van der Waals surface area contributed by atoms with Crippen LogP contribution in [0, 0.1) is 12.0 Å². The van der Waals surface area contributed by atoms with Gasteiger partial charge in [0.15, 0.2) is 5.69 Å². The van der Waals surface area contributed by atoms with Crippen LogP contribution in [0.1, 0.15) is 66.6 Å². The first-order chi connectivity index (χ1) is 18.3. The maximum Gasteiger partial charge on any atom is 0.252 e. The molecule has 4 aliphatic rings. The number of aromatic nitrogens is 2. The molecule has 7 nitrogen and oxygen atoms in total. The molecule has 3 fully saturated rings. The number of benzene rings is 2. The largest absolute Gasteiger partial charge is 0.365 e. The standard InChI is InChI=1S/C30H30ClN5O2/c1-33-23-7-5-21(6-8-23)30-12-9-29(10-13-30,11-14-30)18-25(37)35-15-16-36-24(19-35)26(28(32)38)27(34-36)20-3-2-4-22(31)17-20/h2-8,17H,9-16,18-19H2,(H2,32,38). The molecule has 194 valence electrons. The number of amides is 2. The molecule has 0 spiro atoms. The van der Waals surface area contributed by atoms with Crippen LogP contribution >= 0.6 is 11.6 Å². The van der Waals surface area contributed by atoms with Gasteiger partial charge >= 0.3 is 0 Å². The summed E-state index contributed by atoms with van der Waals surface area (Å²) in [5, 5.41) is 5.24. The van der Waals surface area contributed by atoms with E-state index in [9.17, 15) is 9.59 Å². The van der Waals surface area contributed by atoms with Crippen LogP contribution in [-0.2, 0) is 23.3 Å². The SMILES string of the molecule is [C-]#[N+]c1ccc(C23CCC(CC(=O)N4CCn5nc(-c6cccc(Cl)c6)c(C(N)=O)c5C4)(CC2)CC3)cc1. The summed E-state index contributed by atoms with van der Waals surface area (Å²) in [6.07, 6.45) is 6.92. The second-order valence-corrected chi connectivity index (χ2v) is 11.6. The van der Waals surface area contributed by atoms with E-state index in [1.165, 1.54) is 5.56 Å². The van der Waals surface area contributed by atoms with Crippen LogP contribution in [0.4, 0.5) is 5.69 Å². The molecule has 2 bridgehead atoms. The highest BCUT2D eigenvalue weighted by Crippen LogP contribution is 2.59. The van der Waals surface area contributed by atoms with E-state index >= 15 is 0 Å². The highest BCUT2D eigenvalue weighted by molar-refractivity contribution is 6.30. The quantitative estimate of drug-likeness (QED) is 0.420. The summed E-state index contributed by atoms with van der Waals surface area (Å²) in [5.41, 5.74) is 10.4. The highest BCUT2D eigenvalue weighted by atomic mass is 35.5. The fourth-order valence-electron chi connectivity index (χ4n) is 6.91. The van der Waals surface area contributed by atoms with Crippen molar-refractivity contribution >= 4 is 29.1 Å². The molecule has 7 rings (SSSR count). The lowest BCUT2D eigenvalue weighted by Crippen LogP contribution is -2.47. The van der Waals surface area contributed by atoms with Gasteiger partial charge in [0, 0.05) is 23.6 Å². The lowest BCUT2D eigenvalue weighted by atomic mass is 9.51. The number of rotatable bonds is 5. The fourth-order valence-corrected chi connectivity index (χ4v) is 7.10. The van der Waals surface area contributed by atoms with Gasteiger partial charge in [-0.3, -0.25) is 14.3 Å². The molecule has 0 atom stereocenters. The molecule has 3 aromatic rings. The monoisotopic (exact) mass is 527 g/mol. The van der Waals surface area contributed by atoms with Gasteiger partial charge in [-0.25, -0.2) is 4.85 Å². The Balaban J connectivity index is 1.17. The molecule has 0 radical (unpaired) electrons. The number of nitrogens with two attached hydrogens (primary N) is 1. The number of carbonyl (C=O) groups excluding carboxylic acids is 2. The Kier molecular flexibility index (Phi) is 6.03. The molecule has 2 aromatic carbocycles. The molecular weight excluding hydrogens is 498 g/mol. The third-order valence-electron chi connectivity index (χ3n) is 9.21. The minimum absolute atomic E-state index is 0.0471. The van der Waals surface area contributed by atoms with E-state index in [1.807, 2.05) is 33.8 Å². The van der Waals surface area contributed by atoms with E-state index < -0.39 is 5.91 Å². The molecule has 8 heteroatoms. The Morgan fingerprint density at radius 3 is 2.37 bits per heavy atom. The Hall–Kier alpha value is -3.63. The number of hydrogen-bond donors (Lipinski definition) is 1. The van der Waals surface area contributed by atoms with Crippen LogP contribution < -0.4 is 5.73 Å². The van der Waals surface area contributed by atoms with Gasteiger partial charge in [0.25, 0.3) is 5.91 Å². The molecular formula is C30H30ClN5O2. The van der Waals surface area contributed by atoms with Crippen molar-refractivity contribution in [1.29, 1.82) is 0 Å². The third-order valence-corrected chi connectivity index (χ3v) is 9.45. The molecule has 0 saturated heterocycles. The molecule has 2 amide bonds. The van der Waals surface area contributed by atoms with Crippen molar-refractivity contribution in [2.45, 2.75) is 63.5 Å². The number of nitrogens with zero attached hydrogens (tertiary/aromatic N) is 4. The summed E-state index contributed by atoms with van der Waals surface area (Å²) in [4.78, 5) is 31.5. The first kappa shape index (κ1) is 24.7. The number of hydrogen-bond acceptors (Lipinski definition) is 3. The van der Waals surface area contributed by atoms with Crippen molar-refractivity contribution in [3.05, 3.63) is 81.8 Å². The van der Waals surface area contributed by atoms with Crippen LogP contribution in [0.15, 0.2) is 48.5 Å². The molecule has 3 aliphatic carbocycles. The topological polar surface area (TPSA) is 85.6 Å². The van der Waals surface area contributed by atoms with Crippen molar-refractivity contribution in [2.24, 2.45) is 11.1 Å². The molecule has 0 unspecified atom stereocenters. The first-order valence-corrected chi connectivity index (χ1v) is 13.6. The average Bonchev–Trinajstić information content (AvgIpc) is 3.33. The molecule has 1 aliphatic heterocycles. The van der Waals surface area contributed by atoms with E-state index in [4.69, 9.17) is 23.9 Å². The van der Waals surface area contributed by atoms with Crippen LogP contribution in [0.25, 0.3) is 16.1 Å². The van der Waals surface area contributed by atoms with Gasteiger partial charge in [0.05, 0.1) is 30.9 Å². The smallest absolute Gasteiger partial charge is 0.252 e. The predicted molar refractivity (Wildman–Crippen MR) is 146 cm³/mol. The normalized spacial score (nSPS) is 24.1. The summed E-state index contributed by atoms with van der Waals surface area (Å²) in [6.45, 7) is 8.63. The Bertz CT molecular complexity index is 1440. The Morgan fingerprint density at radius 2 is 1.74 bits per heavy atom. The van der Waals surface area contributed by atoms with Crippen molar-refractivity contribution in [1.82, 2.24) is 14.7 Å². The summed E-state index contributed by atoms with van der Waals surface area (Å²) in [6, 6.07) is 15.3. The summed E-state index contributed by atoms with van der Waals surface area (Å²) >= 11 is 6.18. The van der Waals surface area contributed by atoms with Crippen LogP contribution in [0.2, 0.25) is 5.02 Å². The van der Waals surface area contributed by atoms with Gasteiger partial charge in [-0.1, -0.05) is 48.0 Å². The number of primary amides is 1. The minimum Gasteiger partial charge on any atom is -0.365 e. The third kappa shape index (κ3) is 4.17. The van der Waals surface area contributed by atoms with Crippen molar-refractivity contribution in [3.8, 4) is 11.3 Å². The van der Waals surface area contributed by atoms with Gasteiger partial charge in [-0.15, -0.1) is 0 Å². The van der Waals surface area contributed by atoms with Crippen molar-refractivity contribution < 1.29 is 9.59 Å². The average molecular weight is 528 g/mol. The summed E-state index contributed by atoms with van der Waals surface area (Å²) in [5.74, 6) is -0.401. The van der Waals surface area contributed by atoms with Gasteiger partial charge in [-0.05, 0) is 67.1 Å². The Labute approximate surface area is 227 Å². The number of halogens is 1. The number of carbonyl (C=O) groups is 2. The lowest BCUT2D eigenvalue weighted by Gasteiger charge is -2.54. The summed E-state index contributed by atoms with van der Waals surface area (Å²) in [7, 11) is 0. The zero-order chi connectivity index (χ0) is 26.5. The van der Waals surface area contributed by atoms with Gasteiger partial charge in [0.2, 0.25) is 5.91 Å². The minimum atomic E-state index is -0.547.